The summed E-state index contributed by atoms with van der Waals surface area (Å²) in [5, 5.41) is 13.9. The Kier molecular flexibility index (Phi) is 4.76. The third-order valence-corrected chi connectivity index (χ3v) is 3.12. The predicted octanol–water partition coefficient (Wildman–Crippen LogP) is 3.16. The topological polar surface area (TPSA) is 32.3 Å². The van der Waals surface area contributed by atoms with Gasteiger partial charge in [0.1, 0.15) is 0 Å². The number of rotatable bonds is 5. The third kappa shape index (κ3) is 3.57. The first-order valence-electron chi connectivity index (χ1n) is 5.94. The molecular formula is C15H16ClNO. The highest BCUT2D eigenvalue weighted by atomic mass is 35.5. The minimum absolute atomic E-state index is 0.485. The number of aliphatic hydroxyl groups excluding tert-OH is 1. The van der Waals surface area contributed by atoms with Gasteiger partial charge in [-0.25, -0.2) is 0 Å². The Morgan fingerprint density at radius 3 is 2.39 bits per heavy atom. The molecule has 0 spiro atoms. The van der Waals surface area contributed by atoms with Crippen molar-refractivity contribution < 1.29 is 5.11 Å². The molecule has 0 aromatic heterocycles. The van der Waals surface area contributed by atoms with Crippen molar-refractivity contribution in [3.05, 3.63) is 70.7 Å². The molecule has 2 nitrogen and oxygen atoms in total. The summed E-state index contributed by atoms with van der Waals surface area (Å²) in [5.74, 6) is 0. The summed E-state index contributed by atoms with van der Waals surface area (Å²) in [6, 6.07) is 17.5. The molecule has 1 unspecified atom stereocenters. The molecule has 2 rings (SSSR count). The highest BCUT2D eigenvalue weighted by molar-refractivity contribution is 6.31. The molecule has 0 bridgehead atoms. The zero-order valence-electron chi connectivity index (χ0n) is 10.0. The quantitative estimate of drug-likeness (QED) is 0.867. The van der Waals surface area contributed by atoms with E-state index in [4.69, 9.17) is 11.6 Å². The maximum atomic E-state index is 10.0. The van der Waals surface area contributed by atoms with Gasteiger partial charge in [0.25, 0.3) is 0 Å². The van der Waals surface area contributed by atoms with Crippen LogP contribution in [0.3, 0.4) is 0 Å². The maximum Gasteiger partial charge on any atom is 0.0928 e. The van der Waals surface area contributed by atoms with Gasteiger partial charge in [0, 0.05) is 23.7 Å². The van der Waals surface area contributed by atoms with Crippen LogP contribution < -0.4 is 5.32 Å². The summed E-state index contributed by atoms with van der Waals surface area (Å²) in [6.07, 6.45) is -0.581. The molecule has 94 valence electrons. The molecule has 0 radical (unpaired) electrons. The SMILES string of the molecule is OC(CNCc1ccccc1)c1ccccc1Cl. The van der Waals surface area contributed by atoms with E-state index in [2.05, 4.69) is 17.4 Å². The Balaban J connectivity index is 1.86. The number of hydrogen-bond acceptors (Lipinski definition) is 2. The highest BCUT2D eigenvalue weighted by Gasteiger charge is 2.09. The van der Waals surface area contributed by atoms with Crippen LogP contribution in [-0.2, 0) is 6.54 Å². The monoisotopic (exact) mass is 261 g/mol. The Morgan fingerprint density at radius 1 is 1.00 bits per heavy atom. The van der Waals surface area contributed by atoms with Crippen molar-refractivity contribution in [2.45, 2.75) is 12.6 Å². The first-order chi connectivity index (χ1) is 8.77. The van der Waals surface area contributed by atoms with Crippen LogP contribution in [0, 0.1) is 0 Å². The van der Waals surface area contributed by atoms with Crippen LogP contribution >= 0.6 is 11.6 Å². The fourth-order valence-electron chi connectivity index (χ4n) is 1.80. The van der Waals surface area contributed by atoms with Gasteiger partial charge < -0.3 is 10.4 Å². The molecule has 18 heavy (non-hydrogen) atoms. The molecule has 0 aliphatic heterocycles. The van der Waals surface area contributed by atoms with Crippen molar-refractivity contribution in [2.24, 2.45) is 0 Å². The summed E-state index contributed by atoms with van der Waals surface area (Å²) >= 11 is 6.03. The Bertz CT molecular complexity index is 487. The van der Waals surface area contributed by atoms with E-state index < -0.39 is 6.10 Å². The van der Waals surface area contributed by atoms with Gasteiger partial charge in [-0.15, -0.1) is 0 Å². The number of halogens is 1. The lowest BCUT2D eigenvalue weighted by Gasteiger charge is -2.13. The van der Waals surface area contributed by atoms with Crippen LogP contribution in [0.1, 0.15) is 17.2 Å². The van der Waals surface area contributed by atoms with Crippen molar-refractivity contribution in [1.82, 2.24) is 5.32 Å². The van der Waals surface area contributed by atoms with Gasteiger partial charge in [-0.2, -0.15) is 0 Å². The van der Waals surface area contributed by atoms with Crippen molar-refractivity contribution >= 4 is 11.6 Å². The standard InChI is InChI=1S/C15H16ClNO/c16-14-9-5-4-8-13(14)15(18)11-17-10-12-6-2-1-3-7-12/h1-9,15,17-18H,10-11H2. The van der Waals surface area contributed by atoms with E-state index in [-0.39, 0.29) is 0 Å². The normalized spacial score (nSPS) is 12.3. The minimum Gasteiger partial charge on any atom is -0.387 e. The summed E-state index contributed by atoms with van der Waals surface area (Å²) in [6.45, 7) is 1.22. The van der Waals surface area contributed by atoms with Gasteiger partial charge >= 0.3 is 0 Å². The second-order valence-corrected chi connectivity index (χ2v) is 4.56. The molecule has 0 fully saturated rings. The largest absolute Gasteiger partial charge is 0.387 e. The molecule has 2 aromatic carbocycles. The summed E-state index contributed by atoms with van der Waals surface area (Å²) in [5.41, 5.74) is 1.96. The number of benzene rings is 2. The molecule has 3 heteroatoms. The van der Waals surface area contributed by atoms with Gasteiger partial charge in [-0.3, -0.25) is 0 Å². The van der Waals surface area contributed by atoms with Gasteiger partial charge in [0.15, 0.2) is 0 Å². The lowest BCUT2D eigenvalue weighted by molar-refractivity contribution is 0.174. The second kappa shape index (κ2) is 6.55. The van der Waals surface area contributed by atoms with E-state index in [1.54, 1.807) is 6.07 Å². The second-order valence-electron chi connectivity index (χ2n) is 4.15. The van der Waals surface area contributed by atoms with Crippen LogP contribution in [0.4, 0.5) is 0 Å². The number of nitrogens with one attached hydrogen (secondary N) is 1. The molecule has 0 amide bonds. The lowest BCUT2D eigenvalue weighted by Crippen LogP contribution is -2.21. The maximum absolute atomic E-state index is 10.0. The van der Waals surface area contributed by atoms with Gasteiger partial charge in [0.05, 0.1) is 6.10 Å². The van der Waals surface area contributed by atoms with Crippen molar-refractivity contribution in [3.8, 4) is 0 Å². The van der Waals surface area contributed by atoms with Gasteiger partial charge in [-0.1, -0.05) is 60.1 Å². The van der Waals surface area contributed by atoms with Crippen LogP contribution in [0.2, 0.25) is 5.02 Å². The van der Waals surface area contributed by atoms with Gasteiger partial charge in [-0.05, 0) is 11.6 Å². The van der Waals surface area contributed by atoms with Crippen LogP contribution in [0.25, 0.3) is 0 Å². The average Bonchev–Trinajstić information content (AvgIpc) is 2.40. The molecule has 0 aliphatic rings. The van der Waals surface area contributed by atoms with Crippen LogP contribution in [0.15, 0.2) is 54.6 Å². The average molecular weight is 262 g/mol. The molecule has 0 saturated carbocycles. The van der Waals surface area contributed by atoms with Crippen molar-refractivity contribution in [2.75, 3.05) is 6.54 Å². The fourth-order valence-corrected chi connectivity index (χ4v) is 2.07. The summed E-state index contributed by atoms with van der Waals surface area (Å²) in [4.78, 5) is 0. The Morgan fingerprint density at radius 2 is 1.67 bits per heavy atom. The predicted molar refractivity (Wildman–Crippen MR) is 74.6 cm³/mol. The smallest absolute Gasteiger partial charge is 0.0928 e. The van der Waals surface area contributed by atoms with E-state index in [0.29, 0.717) is 11.6 Å². The van der Waals surface area contributed by atoms with Crippen molar-refractivity contribution in [3.63, 3.8) is 0 Å². The zero-order valence-corrected chi connectivity index (χ0v) is 10.8. The minimum atomic E-state index is -0.581. The molecule has 0 aliphatic carbocycles. The number of hydrogen-bond donors (Lipinski definition) is 2. The first-order valence-corrected chi connectivity index (χ1v) is 6.32. The molecule has 1 atom stereocenters. The molecule has 0 heterocycles. The molecular weight excluding hydrogens is 246 g/mol. The van der Waals surface area contributed by atoms with E-state index in [9.17, 15) is 5.11 Å². The van der Waals surface area contributed by atoms with Crippen LogP contribution in [-0.4, -0.2) is 11.7 Å². The van der Waals surface area contributed by atoms with Crippen LogP contribution in [0.5, 0.6) is 0 Å². The lowest BCUT2D eigenvalue weighted by atomic mass is 10.1. The summed E-state index contributed by atoms with van der Waals surface area (Å²) < 4.78 is 0. The van der Waals surface area contributed by atoms with Gasteiger partial charge in [0.2, 0.25) is 0 Å². The molecule has 2 aromatic rings. The highest BCUT2D eigenvalue weighted by Crippen LogP contribution is 2.21. The third-order valence-electron chi connectivity index (χ3n) is 2.77. The Labute approximate surface area is 112 Å². The Hall–Kier alpha value is -1.35. The molecule has 2 N–H and O–H groups in total. The van der Waals surface area contributed by atoms with Crippen molar-refractivity contribution in [1.29, 1.82) is 0 Å². The summed E-state index contributed by atoms with van der Waals surface area (Å²) in [7, 11) is 0. The van der Waals surface area contributed by atoms with E-state index in [1.807, 2.05) is 36.4 Å². The zero-order chi connectivity index (χ0) is 12.8. The fraction of sp³-hybridized carbons (Fsp3) is 0.200. The van der Waals surface area contributed by atoms with E-state index >= 15 is 0 Å². The number of aliphatic hydroxyl groups is 1. The van der Waals surface area contributed by atoms with E-state index in [1.165, 1.54) is 5.56 Å². The first kappa shape index (κ1) is 13.1. The van der Waals surface area contributed by atoms with E-state index in [0.717, 1.165) is 12.1 Å². The molecule has 0 saturated heterocycles.